The van der Waals surface area contributed by atoms with Gasteiger partial charge in [0, 0.05) is 18.2 Å². The van der Waals surface area contributed by atoms with Crippen molar-refractivity contribution in [3.8, 4) is 11.8 Å². The molecule has 0 saturated heterocycles. The molecule has 0 spiro atoms. The molecule has 6 heteroatoms. The number of hydrogen-bond donors (Lipinski definition) is 3. The second kappa shape index (κ2) is 7.20. The number of carbonyl (C=O) groups excluding carboxylic acids is 1. The summed E-state index contributed by atoms with van der Waals surface area (Å²) in [4.78, 5) is 19.7. The van der Waals surface area contributed by atoms with Gasteiger partial charge in [-0.25, -0.2) is 9.97 Å². The van der Waals surface area contributed by atoms with E-state index in [4.69, 9.17) is 11.5 Å². The summed E-state index contributed by atoms with van der Waals surface area (Å²) in [5.41, 5.74) is 12.1. The zero-order chi connectivity index (χ0) is 15.9. The van der Waals surface area contributed by atoms with Crippen molar-refractivity contribution in [3.63, 3.8) is 0 Å². The van der Waals surface area contributed by atoms with E-state index in [1.807, 2.05) is 37.3 Å². The lowest BCUT2D eigenvalue weighted by Crippen LogP contribution is -2.26. The Hall–Kier alpha value is -2.91. The molecule has 1 amide bonds. The van der Waals surface area contributed by atoms with Gasteiger partial charge in [-0.2, -0.15) is 0 Å². The molecule has 1 heterocycles. The van der Waals surface area contributed by atoms with Gasteiger partial charge in [0.2, 0.25) is 0 Å². The van der Waals surface area contributed by atoms with E-state index in [0.717, 1.165) is 5.56 Å². The fourth-order valence-electron chi connectivity index (χ4n) is 1.66. The highest BCUT2D eigenvalue weighted by atomic mass is 16.1. The normalized spacial score (nSPS) is 11.2. The topological polar surface area (TPSA) is 107 Å². The van der Waals surface area contributed by atoms with E-state index >= 15 is 0 Å². The van der Waals surface area contributed by atoms with Gasteiger partial charge in [-0.15, -0.1) is 0 Å². The number of anilines is 1. The number of nitrogens with two attached hydrogens (primary N) is 2. The average molecular weight is 295 g/mol. The predicted molar refractivity (Wildman–Crippen MR) is 85.1 cm³/mol. The maximum Gasteiger partial charge on any atom is 0.270 e. The van der Waals surface area contributed by atoms with Gasteiger partial charge in [0.05, 0.1) is 6.20 Å². The van der Waals surface area contributed by atoms with Gasteiger partial charge in [-0.3, -0.25) is 4.79 Å². The van der Waals surface area contributed by atoms with Crippen molar-refractivity contribution in [3.05, 3.63) is 53.5 Å². The number of nitrogens with one attached hydrogen (secondary N) is 1. The van der Waals surface area contributed by atoms with Crippen LogP contribution in [0.5, 0.6) is 0 Å². The van der Waals surface area contributed by atoms with Gasteiger partial charge in [0.25, 0.3) is 5.91 Å². The lowest BCUT2D eigenvalue weighted by atomic mass is 10.2. The molecule has 0 radical (unpaired) electrons. The third-order valence-corrected chi connectivity index (χ3v) is 2.71. The summed E-state index contributed by atoms with van der Waals surface area (Å²) >= 11 is 0. The molecule has 1 aromatic heterocycles. The number of rotatable bonds is 4. The minimum Gasteiger partial charge on any atom is -0.367 e. The Morgan fingerprint density at radius 3 is 2.68 bits per heavy atom. The fourth-order valence-corrected chi connectivity index (χ4v) is 1.66. The summed E-state index contributed by atoms with van der Waals surface area (Å²) in [6, 6.07) is 9.36. The van der Waals surface area contributed by atoms with Gasteiger partial charge in [-0.1, -0.05) is 24.1 Å². The van der Waals surface area contributed by atoms with Gasteiger partial charge >= 0.3 is 0 Å². The number of carbonyl (C=O) groups is 1. The molecular formula is C16H17N5O. The molecular weight excluding hydrogens is 278 g/mol. The van der Waals surface area contributed by atoms with Gasteiger partial charge < -0.3 is 16.8 Å². The van der Waals surface area contributed by atoms with Crippen LogP contribution in [0, 0.1) is 11.8 Å². The Kier molecular flexibility index (Phi) is 5.07. The van der Waals surface area contributed by atoms with E-state index in [1.54, 1.807) is 0 Å². The first-order chi connectivity index (χ1) is 10.6. The average Bonchev–Trinajstić information content (AvgIpc) is 2.51. The van der Waals surface area contributed by atoms with Crippen molar-refractivity contribution in [2.24, 2.45) is 11.5 Å². The molecule has 0 aliphatic carbocycles. The molecule has 0 saturated carbocycles. The summed E-state index contributed by atoms with van der Waals surface area (Å²) in [5.74, 6) is 5.62. The largest absolute Gasteiger partial charge is 0.367 e. The Bertz CT molecular complexity index is 716. The number of primary amides is 1. The van der Waals surface area contributed by atoms with Crippen molar-refractivity contribution in [1.82, 2.24) is 9.97 Å². The second-order valence-electron chi connectivity index (χ2n) is 4.79. The zero-order valence-corrected chi connectivity index (χ0v) is 12.2. The molecule has 1 aromatic carbocycles. The Morgan fingerprint density at radius 1 is 1.32 bits per heavy atom. The highest BCUT2D eigenvalue weighted by Gasteiger charge is 2.11. The van der Waals surface area contributed by atoms with Crippen LogP contribution in [0.1, 0.15) is 28.7 Å². The van der Waals surface area contributed by atoms with E-state index in [0.29, 0.717) is 12.4 Å². The maximum absolute atomic E-state index is 11.4. The monoisotopic (exact) mass is 295 g/mol. The Balaban J connectivity index is 2.32. The van der Waals surface area contributed by atoms with Crippen LogP contribution < -0.4 is 16.8 Å². The van der Waals surface area contributed by atoms with Crippen LogP contribution in [-0.2, 0) is 0 Å². The molecule has 0 aliphatic rings. The van der Waals surface area contributed by atoms with Crippen LogP contribution in [0.2, 0.25) is 0 Å². The van der Waals surface area contributed by atoms with Crippen LogP contribution in [0.3, 0.4) is 0 Å². The summed E-state index contributed by atoms with van der Waals surface area (Å²) in [6.07, 6.45) is 1.44. The summed E-state index contributed by atoms with van der Waals surface area (Å²) in [6.45, 7) is 2.41. The summed E-state index contributed by atoms with van der Waals surface area (Å²) < 4.78 is 0. The minimum absolute atomic E-state index is 0.0310. The van der Waals surface area contributed by atoms with Crippen molar-refractivity contribution in [2.45, 2.75) is 13.0 Å². The molecule has 5 N–H and O–H groups in total. The van der Waals surface area contributed by atoms with Crippen molar-refractivity contribution >= 4 is 11.7 Å². The molecule has 0 fully saturated rings. The molecule has 0 bridgehead atoms. The highest BCUT2D eigenvalue weighted by Crippen LogP contribution is 2.07. The van der Waals surface area contributed by atoms with Gasteiger partial charge in [0.15, 0.2) is 5.69 Å². The Morgan fingerprint density at radius 2 is 2.05 bits per heavy atom. The standard InChI is InChI=1S/C16H17N5O/c1-11(17)9-19-14-10-20-15(16(18)22)13(21-14)8-7-12-5-3-2-4-6-12/h2-6,10-11H,9,17H2,1H3,(H2,18,22)(H,19,21). The van der Waals surface area contributed by atoms with E-state index in [-0.39, 0.29) is 17.4 Å². The molecule has 1 unspecified atom stereocenters. The molecule has 1 atom stereocenters. The summed E-state index contributed by atoms with van der Waals surface area (Å²) in [5, 5.41) is 3.03. The molecule has 2 aromatic rings. The molecule has 112 valence electrons. The van der Waals surface area contributed by atoms with Crippen LogP contribution >= 0.6 is 0 Å². The lowest BCUT2D eigenvalue weighted by molar-refractivity contribution is 0.0995. The molecule has 2 rings (SSSR count). The molecule has 6 nitrogen and oxygen atoms in total. The van der Waals surface area contributed by atoms with E-state index in [9.17, 15) is 4.79 Å². The van der Waals surface area contributed by atoms with E-state index < -0.39 is 5.91 Å². The molecule has 22 heavy (non-hydrogen) atoms. The first-order valence-corrected chi connectivity index (χ1v) is 6.79. The van der Waals surface area contributed by atoms with Crippen LogP contribution in [0.4, 0.5) is 5.82 Å². The minimum atomic E-state index is -0.663. The van der Waals surface area contributed by atoms with Crippen molar-refractivity contribution < 1.29 is 4.79 Å². The maximum atomic E-state index is 11.4. The van der Waals surface area contributed by atoms with Gasteiger partial charge in [-0.05, 0) is 25.0 Å². The number of aromatic nitrogens is 2. The SMILES string of the molecule is CC(N)CNc1cnc(C(N)=O)c(C#Cc2ccccc2)n1. The van der Waals surface area contributed by atoms with Crippen LogP contribution in [0.25, 0.3) is 0 Å². The number of amides is 1. The smallest absolute Gasteiger partial charge is 0.270 e. The first-order valence-electron chi connectivity index (χ1n) is 6.79. The van der Waals surface area contributed by atoms with Crippen molar-refractivity contribution in [1.29, 1.82) is 0 Å². The molecule has 0 aliphatic heterocycles. The van der Waals surface area contributed by atoms with E-state index in [2.05, 4.69) is 27.1 Å². The Labute approximate surface area is 129 Å². The third kappa shape index (κ3) is 4.30. The first kappa shape index (κ1) is 15.5. The summed E-state index contributed by atoms with van der Waals surface area (Å²) in [7, 11) is 0. The lowest BCUT2D eigenvalue weighted by Gasteiger charge is -2.08. The third-order valence-electron chi connectivity index (χ3n) is 2.71. The fraction of sp³-hybridized carbons (Fsp3) is 0.188. The predicted octanol–water partition coefficient (Wildman–Crippen LogP) is 0.734. The number of hydrogen-bond acceptors (Lipinski definition) is 5. The van der Waals surface area contributed by atoms with E-state index in [1.165, 1.54) is 6.20 Å². The highest BCUT2D eigenvalue weighted by molar-refractivity contribution is 5.93. The zero-order valence-electron chi connectivity index (χ0n) is 12.2. The quantitative estimate of drug-likeness (QED) is 0.721. The number of benzene rings is 1. The van der Waals surface area contributed by atoms with Crippen LogP contribution in [-0.4, -0.2) is 28.5 Å². The van der Waals surface area contributed by atoms with Crippen molar-refractivity contribution in [2.75, 3.05) is 11.9 Å². The number of nitrogens with zero attached hydrogens (tertiary/aromatic N) is 2. The van der Waals surface area contributed by atoms with Crippen LogP contribution in [0.15, 0.2) is 36.5 Å². The second-order valence-corrected chi connectivity index (χ2v) is 4.79. The van der Waals surface area contributed by atoms with Gasteiger partial charge in [0.1, 0.15) is 11.5 Å².